The van der Waals surface area contributed by atoms with Crippen LogP contribution >= 0.6 is 0 Å². The summed E-state index contributed by atoms with van der Waals surface area (Å²) in [4.78, 5) is 4.10. The van der Waals surface area contributed by atoms with Gasteiger partial charge in [-0.15, -0.1) is 0 Å². The zero-order chi connectivity index (χ0) is 19.1. The number of sulfonamides is 1. The Balaban J connectivity index is 1.90. The molecule has 2 aromatic carbocycles. The van der Waals surface area contributed by atoms with E-state index in [-0.39, 0.29) is 6.54 Å². The molecular formula is C22H22N2O2S. The summed E-state index contributed by atoms with van der Waals surface area (Å²) in [6, 6.07) is 20.9. The third-order valence-electron chi connectivity index (χ3n) is 4.28. The Morgan fingerprint density at radius 1 is 0.926 bits per heavy atom. The third kappa shape index (κ3) is 5.36. The smallest absolute Gasteiger partial charge is 0.236 e. The minimum absolute atomic E-state index is 0.267. The zero-order valence-electron chi connectivity index (χ0n) is 15.2. The van der Waals surface area contributed by atoms with Crippen LogP contribution in [0.4, 0.5) is 0 Å². The Kier molecular flexibility index (Phi) is 6.16. The van der Waals surface area contributed by atoms with E-state index < -0.39 is 10.0 Å². The molecule has 0 spiro atoms. The molecule has 5 heteroatoms. The molecule has 0 amide bonds. The van der Waals surface area contributed by atoms with E-state index in [1.54, 1.807) is 18.5 Å². The molecule has 0 atom stereocenters. The molecule has 0 aliphatic heterocycles. The number of benzene rings is 2. The lowest BCUT2D eigenvalue weighted by atomic mass is 10.1. The Labute approximate surface area is 160 Å². The first-order valence-electron chi connectivity index (χ1n) is 8.71. The van der Waals surface area contributed by atoms with Gasteiger partial charge in [-0.05, 0) is 41.3 Å². The lowest BCUT2D eigenvalue weighted by Crippen LogP contribution is -2.28. The van der Waals surface area contributed by atoms with Crippen molar-refractivity contribution in [2.45, 2.75) is 20.0 Å². The van der Waals surface area contributed by atoms with Crippen LogP contribution in [0.1, 0.15) is 22.3 Å². The van der Waals surface area contributed by atoms with Crippen molar-refractivity contribution in [3.05, 3.63) is 107 Å². The lowest BCUT2D eigenvalue weighted by molar-refractivity contribution is 0.406. The first-order chi connectivity index (χ1) is 13.0. The highest BCUT2D eigenvalue weighted by Crippen LogP contribution is 2.18. The van der Waals surface area contributed by atoms with Gasteiger partial charge in [0.1, 0.15) is 0 Å². The van der Waals surface area contributed by atoms with Crippen LogP contribution in [-0.4, -0.2) is 17.7 Å². The van der Waals surface area contributed by atoms with Gasteiger partial charge in [-0.1, -0.05) is 60.7 Å². The van der Waals surface area contributed by atoms with E-state index in [0.717, 1.165) is 22.3 Å². The van der Waals surface area contributed by atoms with E-state index >= 15 is 0 Å². The Hall–Kier alpha value is -2.76. The number of aryl methyl sites for hydroxylation is 1. The van der Waals surface area contributed by atoms with Gasteiger partial charge in [0.05, 0.1) is 0 Å². The molecule has 0 unspecified atom stereocenters. The minimum Gasteiger partial charge on any atom is -0.264 e. The maximum absolute atomic E-state index is 13.0. The topological polar surface area (TPSA) is 50.3 Å². The highest BCUT2D eigenvalue weighted by molar-refractivity contribution is 7.92. The standard InChI is InChI=1S/C22H22N2O2S/c1-19-8-5-6-12-22(19)18-24(17-21-11-7-14-23-16-21)27(25,26)15-13-20-9-3-2-4-10-20/h2-16H,17-18H2,1H3. The van der Waals surface area contributed by atoms with Crippen molar-refractivity contribution >= 4 is 16.1 Å². The highest BCUT2D eigenvalue weighted by atomic mass is 32.2. The normalized spacial score (nSPS) is 11.9. The predicted molar refractivity (Wildman–Crippen MR) is 109 cm³/mol. The largest absolute Gasteiger partial charge is 0.264 e. The van der Waals surface area contributed by atoms with Gasteiger partial charge in [0.15, 0.2) is 0 Å². The monoisotopic (exact) mass is 378 g/mol. The molecule has 3 rings (SSSR count). The summed E-state index contributed by atoms with van der Waals surface area (Å²) in [6.45, 7) is 2.57. The van der Waals surface area contributed by atoms with E-state index in [1.807, 2.05) is 73.7 Å². The second-order valence-electron chi connectivity index (χ2n) is 6.31. The molecule has 0 N–H and O–H groups in total. The molecule has 4 nitrogen and oxygen atoms in total. The molecule has 3 aromatic rings. The summed E-state index contributed by atoms with van der Waals surface area (Å²) in [5.41, 5.74) is 3.75. The summed E-state index contributed by atoms with van der Waals surface area (Å²) in [5.74, 6) is 0. The van der Waals surface area contributed by atoms with E-state index in [4.69, 9.17) is 0 Å². The molecule has 0 aliphatic carbocycles. The van der Waals surface area contributed by atoms with Crippen molar-refractivity contribution in [3.63, 3.8) is 0 Å². The molecule has 138 valence electrons. The molecule has 0 saturated carbocycles. The van der Waals surface area contributed by atoms with Gasteiger partial charge in [0.2, 0.25) is 10.0 Å². The van der Waals surface area contributed by atoms with Gasteiger partial charge >= 0.3 is 0 Å². The Morgan fingerprint density at radius 3 is 2.37 bits per heavy atom. The van der Waals surface area contributed by atoms with Gasteiger partial charge in [0.25, 0.3) is 0 Å². The zero-order valence-corrected chi connectivity index (χ0v) is 16.0. The number of pyridine rings is 1. The molecule has 0 radical (unpaired) electrons. The first-order valence-corrected chi connectivity index (χ1v) is 10.2. The molecule has 27 heavy (non-hydrogen) atoms. The predicted octanol–water partition coefficient (Wildman–Crippen LogP) is 4.39. The Bertz CT molecular complexity index is 1000. The fraction of sp³-hybridized carbons (Fsp3) is 0.136. The van der Waals surface area contributed by atoms with Crippen LogP contribution in [0.15, 0.2) is 84.5 Å². The molecule has 0 saturated heterocycles. The van der Waals surface area contributed by atoms with E-state index in [9.17, 15) is 8.42 Å². The number of nitrogens with zero attached hydrogens (tertiary/aromatic N) is 2. The molecular weight excluding hydrogens is 356 g/mol. The van der Waals surface area contributed by atoms with Crippen LogP contribution in [0.25, 0.3) is 6.08 Å². The average molecular weight is 378 g/mol. The molecule has 1 heterocycles. The second kappa shape index (κ2) is 8.75. The fourth-order valence-corrected chi connectivity index (χ4v) is 3.87. The van der Waals surface area contributed by atoms with E-state index in [2.05, 4.69) is 4.98 Å². The van der Waals surface area contributed by atoms with Crippen LogP contribution in [0.3, 0.4) is 0 Å². The van der Waals surface area contributed by atoms with Crippen molar-refractivity contribution in [2.24, 2.45) is 0 Å². The lowest BCUT2D eigenvalue weighted by Gasteiger charge is -2.21. The van der Waals surface area contributed by atoms with Crippen LogP contribution < -0.4 is 0 Å². The van der Waals surface area contributed by atoms with Gasteiger partial charge in [-0.3, -0.25) is 4.98 Å². The number of aromatic nitrogens is 1. The van der Waals surface area contributed by atoms with Crippen LogP contribution in [0, 0.1) is 6.92 Å². The van der Waals surface area contributed by atoms with Crippen molar-refractivity contribution < 1.29 is 8.42 Å². The molecule has 0 bridgehead atoms. The number of rotatable bonds is 7. The third-order valence-corrected chi connectivity index (χ3v) is 5.74. The fourth-order valence-electron chi connectivity index (χ4n) is 2.72. The first kappa shape index (κ1) is 19.0. The van der Waals surface area contributed by atoms with Crippen LogP contribution in [0.5, 0.6) is 0 Å². The second-order valence-corrected chi connectivity index (χ2v) is 8.13. The summed E-state index contributed by atoms with van der Waals surface area (Å²) >= 11 is 0. The van der Waals surface area contributed by atoms with E-state index in [1.165, 1.54) is 9.71 Å². The van der Waals surface area contributed by atoms with Crippen LogP contribution in [-0.2, 0) is 23.1 Å². The maximum Gasteiger partial charge on any atom is 0.236 e. The van der Waals surface area contributed by atoms with Crippen molar-refractivity contribution in [1.29, 1.82) is 0 Å². The highest BCUT2D eigenvalue weighted by Gasteiger charge is 2.20. The SMILES string of the molecule is Cc1ccccc1CN(Cc1cccnc1)S(=O)(=O)C=Cc1ccccc1. The maximum atomic E-state index is 13.0. The van der Waals surface area contributed by atoms with Crippen LogP contribution in [0.2, 0.25) is 0 Å². The summed E-state index contributed by atoms with van der Waals surface area (Å²) in [7, 11) is -3.61. The Morgan fingerprint density at radius 2 is 1.67 bits per heavy atom. The van der Waals surface area contributed by atoms with Gasteiger partial charge < -0.3 is 0 Å². The quantitative estimate of drug-likeness (QED) is 0.612. The molecule has 0 aliphatic rings. The minimum atomic E-state index is -3.61. The average Bonchev–Trinajstić information content (AvgIpc) is 2.69. The summed E-state index contributed by atoms with van der Waals surface area (Å²) < 4.78 is 27.6. The summed E-state index contributed by atoms with van der Waals surface area (Å²) in [6.07, 6.45) is 5.00. The van der Waals surface area contributed by atoms with Gasteiger partial charge in [-0.2, -0.15) is 4.31 Å². The molecule has 0 fully saturated rings. The summed E-state index contributed by atoms with van der Waals surface area (Å²) in [5, 5.41) is 1.27. The number of hydrogen-bond acceptors (Lipinski definition) is 3. The van der Waals surface area contributed by atoms with E-state index in [0.29, 0.717) is 6.54 Å². The molecule has 1 aromatic heterocycles. The number of hydrogen-bond donors (Lipinski definition) is 0. The van der Waals surface area contributed by atoms with Gasteiger partial charge in [0, 0.05) is 30.9 Å². The van der Waals surface area contributed by atoms with Crippen molar-refractivity contribution in [1.82, 2.24) is 9.29 Å². The van der Waals surface area contributed by atoms with Crippen molar-refractivity contribution in [2.75, 3.05) is 0 Å². The van der Waals surface area contributed by atoms with Gasteiger partial charge in [-0.25, -0.2) is 8.42 Å². The van der Waals surface area contributed by atoms with Crippen molar-refractivity contribution in [3.8, 4) is 0 Å².